The maximum Gasteiger partial charge on any atom is 0.411 e. The SMILES string of the molecule is C=CC(=O)OC(C)CC.C=CNC(=O)OCC(C)CC.CCC(C)C(=O)O.CCC(C)C(=O)O. The second kappa shape index (κ2) is 26.4. The maximum absolute atomic E-state index is 10.7. The molecule has 0 spiro atoms. The summed E-state index contributed by atoms with van der Waals surface area (Å²) in [5.41, 5.74) is 0. The first-order valence-electron chi connectivity index (χ1n) is 11.6. The van der Waals surface area contributed by atoms with E-state index < -0.39 is 18.0 Å². The summed E-state index contributed by atoms with van der Waals surface area (Å²) in [5.74, 6) is -1.69. The van der Waals surface area contributed by atoms with E-state index >= 15 is 0 Å². The fourth-order valence-electron chi connectivity index (χ4n) is 1.14. The van der Waals surface area contributed by atoms with Crippen LogP contribution in [0, 0.1) is 17.8 Å². The summed E-state index contributed by atoms with van der Waals surface area (Å²) in [6.07, 6.45) is 5.35. The summed E-state index contributed by atoms with van der Waals surface area (Å²) in [5, 5.41) is 18.7. The van der Waals surface area contributed by atoms with Gasteiger partial charge in [-0.2, -0.15) is 0 Å². The third-order valence-electron chi connectivity index (χ3n) is 4.54. The van der Waals surface area contributed by atoms with E-state index in [-0.39, 0.29) is 23.9 Å². The molecule has 0 heterocycles. The quantitative estimate of drug-likeness (QED) is 0.250. The molecule has 0 rings (SSSR count). The smallest absolute Gasteiger partial charge is 0.411 e. The molecule has 0 saturated carbocycles. The molecule has 9 nitrogen and oxygen atoms in total. The molecule has 0 aliphatic rings. The van der Waals surface area contributed by atoms with E-state index in [0.717, 1.165) is 25.7 Å². The molecule has 0 aromatic rings. The van der Waals surface area contributed by atoms with E-state index in [1.54, 1.807) is 13.8 Å². The number of carboxylic acids is 2. The summed E-state index contributed by atoms with van der Waals surface area (Å²) >= 11 is 0. The van der Waals surface area contributed by atoms with Gasteiger partial charge in [0.05, 0.1) is 24.5 Å². The molecule has 200 valence electrons. The van der Waals surface area contributed by atoms with Crippen molar-refractivity contribution in [3.63, 3.8) is 0 Å². The van der Waals surface area contributed by atoms with Crippen molar-refractivity contribution >= 4 is 24.0 Å². The van der Waals surface area contributed by atoms with Crippen molar-refractivity contribution in [2.75, 3.05) is 6.61 Å². The Bertz CT molecular complexity index is 557. The first-order valence-corrected chi connectivity index (χ1v) is 11.6. The first-order chi connectivity index (χ1) is 15.8. The second-order valence-corrected chi connectivity index (χ2v) is 7.62. The van der Waals surface area contributed by atoms with E-state index in [0.29, 0.717) is 12.5 Å². The Balaban J connectivity index is -0.000000180. The highest BCUT2D eigenvalue weighted by molar-refractivity contribution is 5.81. The number of rotatable bonds is 11. The number of amides is 1. The van der Waals surface area contributed by atoms with Crippen LogP contribution in [0.5, 0.6) is 0 Å². The topological polar surface area (TPSA) is 139 Å². The number of carbonyl (C=O) groups excluding carboxylic acids is 2. The lowest BCUT2D eigenvalue weighted by molar-refractivity contribution is -0.142. The molecule has 34 heavy (non-hydrogen) atoms. The number of hydrogen-bond acceptors (Lipinski definition) is 6. The van der Waals surface area contributed by atoms with E-state index in [1.807, 2.05) is 34.6 Å². The Morgan fingerprint density at radius 3 is 1.50 bits per heavy atom. The molecule has 9 heteroatoms. The third-order valence-corrected chi connectivity index (χ3v) is 4.54. The normalized spacial score (nSPS) is 12.6. The van der Waals surface area contributed by atoms with Gasteiger partial charge in [0.1, 0.15) is 0 Å². The molecule has 0 aromatic carbocycles. The lowest BCUT2D eigenvalue weighted by Crippen LogP contribution is -2.20. The third kappa shape index (κ3) is 31.3. The molecule has 0 aliphatic carbocycles. The van der Waals surface area contributed by atoms with Gasteiger partial charge < -0.3 is 19.7 Å². The number of ether oxygens (including phenoxy) is 2. The van der Waals surface area contributed by atoms with Crippen LogP contribution in [0.2, 0.25) is 0 Å². The first kappa shape index (κ1) is 38.4. The maximum atomic E-state index is 10.7. The number of esters is 1. The predicted molar refractivity (Wildman–Crippen MR) is 134 cm³/mol. The number of carbonyl (C=O) groups is 4. The van der Waals surface area contributed by atoms with Crippen molar-refractivity contribution in [1.82, 2.24) is 5.32 Å². The molecule has 4 atom stereocenters. The van der Waals surface area contributed by atoms with Gasteiger partial charge in [0.25, 0.3) is 0 Å². The van der Waals surface area contributed by atoms with Gasteiger partial charge in [-0.15, -0.1) is 0 Å². The van der Waals surface area contributed by atoms with E-state index in [1.165, 1.54) is 12.3 Å². The molecule has 0 bridgehead atoms. The Morgan fingerprint density at radius 1 is 0.824 bits per heavy atom. The number of hydrogen-bond donors (Lipinski definition) is 3. The molecule has 0 aromatic heterocycles. The monoisotopic (exact) mass is 489 g/mol. The van der Waals surface area contributed by atoms with E-state index in [2.05, 4.69) is 25.4 Å². The fraction of sp³-hybridized carbons (Fsp3) is 0.680. The van der Waals surface area contributed by atoms with Crippen LogP contribution < -0.4 is 5.32 Å². The number of aliphatic carboxylic acids is 2. The molecule has 0 fully saturated rings. The van der Waals surface area contributed by atoms with Crippen molar-refractivity contribution in [3.8, 4) is 0 Å². The molecule has 1 amide bonds. The van der Waals surface area contributed by atoms with Crippen LogP contribution in [0.25, 0.3) is 0 Å². The summed E-state index contributed by atoms with van der Waals surface area (Å²) in [7, 11) is 0. The van der Waals surface area contributed by atoms with Crippen molar-refractivity contribution < 1.29 is 38.9 Å². The fourth-order valence-corrected chi connectivity index (χ4v) is 1.14. The Labute approximate surface area is 205 Å². The molecule has 0 aliphatic heterocycles. The van der Waals surface area contributed by atoms with Crippen LogP contribution in [0.4, 0.5) is 4.79 Å². The summed E-state index contributed by atoms with van der Waals surface area (Å²) in [6.45, 7) is 22.1. The highest BCUT2D eigenvalue weighted by atomic mass is 16.5. The lowest BCUT2D eigenvalue weighted by atomic mass is 10.1. The summed E-state index contributed by atoms with van der Waals surface area (Å²) < 4.78 is 9.61. The molecule has 4 unspecified atom stereocenters. The Morgan fingerprint density at radius 2 is 1.26 bits per heavy atom. The summed E-state index contributed by atoms with van der Waals surface area (Å²) in [6, 6.07) is 0. The van der Waals surface area contributed by atoms with Gasteiger partial charge in [-0.3, -0.25) is 14.9 Å². The van der Waals surface area contributed by atoms with Gasteiger partial charge in [0.15, 0.2) is 0 Å². The van der Waals surface area contributed by atoms with Crippen LogP contribution in [-0.4, -0.2) is 46.9 Å². The Kier molecular flexibility index (Phi) is 29.8. The van der Waals surface area contributed by atoms with E-state index in [4.69, 9.17) is 19.7 Å². The zero-order chi connectivity index (χ0) is 27.7. The molecular formula is C25H47NO8. The zero-order valence-electron chi connectivity index (χ0n) is 22.3. The van der Waals surface area contributed by atoms with Crippen molar-refractivity contribution in [2.24, 2.45) is 17.8 Å². The van der Waals surface area contributed by atoms with Gasteiger partial charge in [0.2, 0.25) is 0 Å². The van der Waals surface area contributed by atoms with E-state index in [9.17, 15) is 19.2 Å². The lowest BCUT2D eigenvalue weighted by Gasteiger charge is -2.08. The van der Waals surface area contributed by atoms with Crippen LogP contribution in [0.3, 0.4) is 0 Å². The average molecular weight is 490 g/mol. The number of carboxylic acid groups (broad SMARTS) is 2. The minimum Gasteiger partial charge on any atom is -0.481 e. The van der Waals surface area contributed by atoms with Crippen molar-refractivity contribution in [2.45, 2.75) is 87.2 Å². The van der Waals surface area contributed by atoms with Crippen molar-refractivity contribution in [3.05, 3.63) is 25.4 Å². The van der Waals surface area contributed by atoms with Gasteiger partial charge in [-0.05, 0) is 38.3 Å². The van der Waals surface area contributed by atoms with Crippen LogP contribution in [-0.2, 0) is 23.9 Å². The van der Waals surface area contributed by atoms with Gasteiger partial charge >= 0.3 is 24.0 Å². The van der Waals surface area contributed by atoms with Gasteiger partial charge in [-0.25, -0.2) is 9.59 Å². The van der Waals surface area contributed by atoms with Crippen molar-refractivity contribution in [1.29, 1.82) is 0 Å². The standard InChI is InChI=1S/C8H15NO2.C7H12O2.2C5H10O2/c1-4-7(3)6-11-8(10)9-5-2;1-4-6(3)9-7(8)5-2;2*1-3-4(2)5(6)7/h5,7H,2,4,6H2,1,3H3,(H,9,10);5-6H,2,4H2,1,3H3;2*4H,3H2,1-2H3,(H,6,7). The van der Waals surface area contributed by atoms with Crippen LogP contribution in [0.1, 0.15) is 81.1 Å². The molecule has 0 saturated heterocycles. The van der Waals surface area contributed by atoms with Gasteiger partial charge in [-0.1, -0.05) is 68.0 Å². The average Bonchev–Trinajstić information content (AvgIpc) is 2.82. The van der Waals surface area contributed by atoms with Gasteiger partial charge in [0, 0.05) is 6.08 Å². The van der Waals surface area contributed by atoms with Crippen LogP contribution >= 0.6 is 0 Å². The minimum absolute atomic E-state index is 0.00972. The number of nitrogens with one attached hydrogen (secondary N) is 1. The van der Waals surface area contributed by atoms with Crippen LogP contribution in [0.15, 0.2) is 25.4 Å². The minimum atomic E-state index is -0.706. The zero-order valence-corrected chi connectivity index (χ0v) is 22.3. The predicted octanol–water partition coefficient (Wildman–Crippen LogP) is 5.65. The summed E-state index contributed by atoms with van der Waals surface area (Å²) in [4.78, 5) is 41.0. The largest absolute Gasteiger partial charge is 0.481 e. The number of alkyl carbamates (subject to hydrolysis) is 1. The molecular weight excluding hydrogens is 442 g/mol. The highest BCUT2D eigenvalue weighted by Crippen LogP contribution is 2.00. The Hall–Kier alpha value is -2.84. The second-order valence-electron chi connectivity index (χ2n) is 7.62. The molecule has 3 N–H and O–H groups in total. The highest BCUT2D eigenvalue weighted by Gasteiger charge is 2.06. The molecule has 0 radical (unpaired) electrons.